The van der Waals surface area contributed by atoms with Gasteiger partial charge in [-0.3, -0.25) is 0 Å². The van der Waals surface area contributed by atoms with Gasteiger partial charge in [0.25, 0.3) is 0 Å². The van der Waals surface area contributed by atoms with E-state index in [1.807, 2.05) is 49.5 Å². The Hall–Kier alpha value is -3.12. The Labute approximate surface area is 153 Å². The third kappa shape index (κ3) is 3.92. The Balaban J connectivity index is 1.89. The zero-order chi connectivity index (χ0) is 18.4. The summed E-state index contributed by atoms with van der Waals surface area (Å²) in [5.74, 6) is 2.38. The Morgan fingerprint density at radius 3 is 2.54 bits per heavy atom. The Kier molecular flexibility index (Phi) is 5.66. The Morgan fingerprint density at radius 1 is 0.962 bits per heavy atom. The van der Waals surface area contributed by atoms with Gasteiger partial charge in [-0.05, 0) is 30.3 Å². The van der Waals surface area contributed by atoms with Crippen LogP contribution in [-0.2, 0) is 6.54 Å². The van der Waals surface area contributed by atoms with E-state index in [2.05, 4.69) is 26.7 Å². The molecular weight excluding hydrogens is 328 g/mol. The molecular formula is C20H23N4O2+. The van der Waals surface area contributed by atoms with Crippen LogP contribution in [-0.4, -0.2) is 31.2 Å². The first-order chi connectivity index (χ1) is 12.7. The lowest BCUT2D eigenvalue weighted by atomic mass is 10.1. The van der Waals surface area contributed by atoms with Crippen molar-refractivity contribution in [1.82, 2.24) is 9.97 Å². The first-order valence-electron chi connectivity index (χ1n) is 8.42. The van der Waals surface area contributed by atoms with Crippen molar-refractivity contribution in [1.29, 1.82) is 0 Å². The molecule has 0 spiro atoms. The number of methoxy groups -OCH3 is 2. The van der Waals surface area contributed by atoms with Gasteiger partial charge in [0, 0.05) is 17.3 Å². The molecule has 0 aliphatic carbocycles. The molecule has 0 radical (unpaired) electrons. The maximum Gasteiger partial charge on any atom is 0.134 e. The second-order valence-corrected chi connectivity index (χ2v) is 5.75. The highest BCUT2D eigenvalue weighted by atomic mass is 16.5. The fraction of sp³-hybridized carbons (Fsp3) is 0.200. The number of para-hydroxylation sites is 1. The number of rotatable bonds is 7. The number of quaternary nitrogens is 1. The number of hydrogen-bond donors (Lipinski definition) is 2. The molecule has 134 valence electrons. The lowest BCUT2D eigenvalue weighted by Gasteiger charge is -2.12. The van der Waals surface area contributed by atoms with Gasteiger partial charge in [0.1, 0.15) is 30.2 Å². The zero-order valence-corrected chi connectivity index (χ0v) is 15.2. The Bertz CT molecular complexity index is 883. The van der Waals surface area contributed by atoms with E-state index in [4.69, 9.17) is 9.47 Å². The van der Waals surface area contributed by atoms with Crippen molar-refractivity contribution in [2.75, 3.05) is 26.6 Å². The Morgan fingerprint density at radius 2 is 1.77 bits per heavy atom. The summed E-state index contributed by atoms with van der Waals surface area (Å²) in [6.45, 7) is 0.842. The molecule has 2 aromatic carbocycles. The molecule has 3 N–H and O–H groups in total. The van der Waals surface area contributed by atoms with E-state index in [9.17, 15) is 0 Å². The van der Waals surface area contributed by atoms with E-state index in [1.165, 1.54) is 0 Å². The van der Waals surface area contributed by atoms with Crippen LogP contribution in [0, 0.1) is 0 Å². The van der Waals surface area contributed by atoms with Gasteiger partial charge in [0.05, 0.1) is 32.5 Å². The van der Waals surface area contributed by atoms with E-state index in [0.717, 1.165) is 46.4 Å². The molecule has 0 fully saturated rings. The minimum absolute atomic E-state index is 0.720. The molecule has 0 atom stereocenters. The third-order valence-electron chi connectivity index (χ3n) is 4.03. The van der Waals surface area contributed by atoms with Gasteiger partial charge >= 0.3 is 0 Å². The van der Waals surface area contributed by atoms with Crippen LogP contribution >= 0.6 is 0 Å². The monoisotopic (exact) mass is 351 g/mol. The minimum atomic E-state index is 0.720. The van der Waals surface area contributed by atoms with Crippen molar-refractivity contribution in [3.8, 4) is 22.8 Å². The molecule has 0 saturated heterocycles. The highest BCUT2D eigenvalue weighted by Crippen LogP contribution is 2.30. The van der Waals surface area contributed by atoms with E-state index in [0.29, 0.717) is 0 Å². The van der Waals surface area contributed by atoms with Gasteiger partial charge in [-0.15, -0.1) is 0 Å². The summed E-state index contributed by atoms with van der Waals surface area (Å²) >= 11 is 0. The largest absolute Gasteiger partial charge is 0.496 e. The zero-order valence-electron chi connectivity index (χ0n) is 15.2. The van der Waals surface area contributed by atoms with E-state index in [1.54, 1.807) is 20.5 Å². The number of ether oxygens (including phenoxy) is 2. The molecule has 6 nitrogen and oxygen atoms in total. The van der Waals surface area contributed by atoms with Crippen molar-refractivity contribution in [3.63, 3.8) is 0 Å². The number of benzene rings is 2. The van der Waals surface area contributed by atoms with Gasteiger partial charge in [-0.25, -0.2) is 9.97 Å². The van der Waals surface area contributed by atoms with E-state index >= 15 is 0 Å². The fourth-order valence-corrected chi connectivity index (χ4v) is 2.81. The average Bonchev–Trinajstić information content (AvgIpc) is 2.69. The molecule has 0 aliphatic heterocycles. The normalized spacial score (nSPS) is 10.4. The fourth-order valence-electron chi connectivity index (χ4n) is 2.81. The molecule has 0 amide bonds. The quantitative estimate of drug-likeness (QED) is 0.684. The SMILES string of the molecule is C[NH2+]Cc1cc(Nc2cc(-c3ccccc3OC)ncn2)ccc1OC. The molecule has 26 heavy (non-hydrogen) atoms. The van der Waals surface area contributed by atoms with Crippen molar-refractivity contribution in [2.24, 2.45) is 0 Å². The highest BCUT2D eigenvalue weighted by Gasteiger charge is 2.09. The summed E-state index contributed by atoms with van der Waals surface area (Å²) < 4.78 is 10.8. The van der Waals surface area contributed by atoms with Crippen LogP contribution in [0.25, 0.3) is 11.3 Å². The summed E-state index contributed by atoms with van der Waals surface area (Å²) in [7, 11) is 5.37. The van der Waals surface area contributed by atoms with Crippen LogP contribution in [0.3, 0.4) is 0 Å². The van der Waals surface area contributed by atoms with Crippen molar-refractivity contribution >= 4 is 11.5 Å². The van der Waals surface area contributed by atoms with E-state index < -0.39 is 0 Å². The van der Waals surface area contributed by atoms with Crippen LogP contribution in [0.1, 0.15) is 5.56 Å². The summed E-state index contributed by atoms with van der Waals surface area (Å²) in [6, 6.07) is 15.7. The summed E-state index contributed by atoms with van der Waals surface area (Å²) in [4.78, 5) is 8.71. The third-order valence-corrected chi connectivity index (χ3v) is 4.03. The number of anilines is 2. The topological polar surface area (TPSA) is 72.9 Å². The second-order valence-electron chi connectivity index (χ2n) is 5.75. The van der Waals surface area contributed by atoms with Crippen LogP contribution < -0.4 is 20.1 Å². The molecule has 3 aromatic rings. The summed E-state index contributed by atoms with van der Waals surface area (Å²) in [6.07, 6.45) is 1.55. The van der Waals surface area contributed by atoms with Crippen LogP contribution in [0.4, 0.5) is 11.5 Å². The smallest absolute Gasteiger partial charge is 0.134 e. The van der Waals surface area contributed by atoms with Crippen molar-refractivity contribution in [2.45, 2.75) is 6.54 Å². The number of aromatic nitrogens is 2. The summed E-state index contributed by atoms with van der Waals surface area (Å²) in [5.41, 5.74) is 3.80. The number of nitrogens with one attached hydrogen (secondary N) is 1. The molecule has 0 saturated carbocycles. The maximum absolute atomic E-state index is 5.43. The van der Waals surface area contributed by atoms with E-state index in [-0.39, 0.29) is 0 Å². The van der Waals surface area contributed by atoms with Crippen molar-refractivity contribution in [3.05, 3.63) is 60.4 Å². The maximum atomic E-state index is 5.43. The number of nitrogens with two attached hydrogens (primary N) is 1. The van der Waals surface area contributed by atoms with Gasteiger partial charge in [-0.2, -0.15) is 0 Å². The predicted octanol–water partition coefficient (Wildman–Crippen LogP) is 2.60. The van der Waals surface area contributed by atoms with Crippen molar-refractivity contribution < 1.29 is 14.8 Å². The second kappa shape index (κ2) is 8.31. The number of nitrogens with zero attached hydrogens (tertiary/aromatic N) is 2. The van der Waals surface area contributed by atoms with Gasteiger partial charge in [0.2, 0.25) is 0 Å². The molecule has 0 bridgehead atoms. The number of hydrogen-bond acceptors (Lipinski definition) is 5. The van der Waals surface area contributed by atoms with Crippen LogP contribution in [0.15, 0.2) is 54.9 Å². The van der Waals surface area contributed by atoms with Gasteiger partial charge in [-0.1, -0.05) is 12.1 Å². The van der Waals surface area contributed by atoms with Gasteiger partial charge in [0.15, 0.2) is 0 Å². The molecule has 1 aromatic heterocycles. The molecule has 1 heterocycles. The minimum Gasteiger partial charge on any atom is -0.496 e. The molecule has 3 rings (SSSR count). The highest BCUT2D eigenvalue weighted by molar-refractivity contribution is 5.70. The average molecular weight is 351 g/mol. The van der Waals surface area contributed by atoms with Gasteiger partial charge < -0.3 is 20.1 Å². The molecule has 0 aliphatic rings. The predicted molar refractivity (Wildman–Crippen MR) is 102 cm³/mol. The van der Waals surface area contributed by atoms with Crippen LogP contribution in [0.2, 0.25) is 0 Å². The molecule has 0 unspecified atom stereocenters. The van der Waals surface area contributed by atoms with Crippen LogP contribution in [0.5, 0.6) is 11.5 Å². The molecule has 6 heteroatoms. The standard InChI is InChI=1S/C20H22N4O2/c1-21-12-14-10-15(8-9-18(14)25-2)24-20-11-17(22-13-23-20)16-6-4-5-7-19(16)26-3/h4-11,13,21H,12H2,1-3H3,(H,22,23,24)/p+1. The first-order valence-corrected chi connectivity index (χ1v) is 8.42. The summed E-state index contributed by atoms with van der Waals surface area (Å²) in [5, 5.41) is 5.44. The lowest BCUT2D eigenvalue weighted by molar-refractivity contribution is -0.643. The first kappa shape index (κ1) is 17.7. The lowest BCUT2D eigenvalue weighted by Crippen LogP contribution is -2.77.